The first-order valence-electron chi connectivity index (χ1n) is 7.22. The van der Waals surface area contributed by atoms with Gasteiger partial charge in [-0.25, -0.2) is 0 Å². The Labute approximate surface area is 106 Å². The van der Waals surface area contributed by atoms with Gasteiger partial charge >= 0.3 is 7.12 Å². The van der Waals surface area contributed by atoms with Gasteiger partial charge in [0.1, 0.15) is 0 Å². The molecule has 2 unspecified atom stereocenters. The normalized spacial score (nSPS) is 48.5. The van der Waals surface area contributed by atoms with Gasteiger partial charge in [0, 0.05) is 0 Å². The molecule has 0 aromatic carbocycles. The standard InChI is InChI=1S/C14H25BO2/c1-6-9(2)15-16-12-8-10-7-11(13(10,3)4)14(12,5)17-15/h9-12H,6-8H2,1-5H3/t9?,10?,11-,12+,14-/m0/s1. The van der Waals surface area contributed by atoms with Crippen LogP contribution in [-0.4, -0.2) is 18.8 Å². The first kappa shape index (κ1) is 12.0. The maximum atomic E-state index is 6.37. The van der Waals surface area contributed by atoms with Crippen LogP contribution in [0.2, 0.25) is 5.82 Å². The molecule has 0 aromatic heterocycles. The van der Waals surface area contributed by atoms with E-state index in [1.54, 1.807) is 0 Å². The molecular weight excluding hydrogens is 211 g/mol. The largest absolute Gasteiger partial charge is 0.460 e. The van der Waals surface area contributed by atoms with Gasteiger partial charge < -0.3 is 9.31 Å². The molecule has 3 heteroatoms. The Bertz CT molecular complexity index is 330. The van der Waals surface area contributed by atoms with Crippen LogP contribution < -0.4 is 0 Å². The highest BCUT2D eigenvalue weighted by Crippen LogP contribution is 2.66. The van der Waals surface area contributed by atoms with Gasteiger partial charge in [0.05, 0.1) is 11.7 Å². The summed E-state index contributed by atoms with van der Waals surface area (Å²) in [5.74, 6) is 2.05. The number of hydrogen-bond acceptors (Lipinski definition) is 2. The Morgan fingerprint density at radius 2 is 2.00 bits per heavy atom. The molecule has 1 saturated heterocycles. The van der Waals surface area contributed by atoms with E-state index in [-0.39, 0.29) is 12.7 Å². The van der Waals surface area contributed by atoms with Crippen LogP contribution in [0.5, 0.6) is 0 Å². The summed E-state index contributed by atoms with van der Waals surface area (Å²) in [6.45, 7) is 11.6. The summed E-state index contributed by atoms with van der Waals surface area (Å²) in [4.78, 5) is 0. The van der Waals surface area contributed by atoms with Crippen molar-refractivity contribution in [1.29, 1.82) is 0 Å². The van der Waals surface area contributed by atoms with Gasteiger partial charge in [-0.2, -0.15) is 0 Å². The number of rotatable bonds is 2. The third-order valence-electron chi connectivity index (χ3n) is 6.08. The molecule has 3 aliphatic carbocycles. The van der Waals surface area contributed by atoms with Crippen molar-refractivity contribution < 1.29 is 9.31 Å². The Kier molecular flexibility index (Phi) is 2.49. The predicted molar refractivity (Wildman–Crippen MR) is 69.8 cm³/mol. The monoisotopic (exact) mass is 236 g/mol. The second kappa shape index (κ2) is 3.51. The van der Waals surface area contributed by atoms with E-state index in [0.717, 1.165) is 12.3 Å². The fourth-order valence-electron chi connectivity index (χ4n) is 4.34. The maximum absolute atomic E-state index is 6.37. The third-order valence-corrected chi connectivity index (χ3v) is 6.08. The minimum atomic E-state index is -0.0215. The average Bonchev–Trinajstić information content (AvgIpc) is 2.64. The smallest absolute Gasteiger partial charge is 0.405 e. The topological polar surface area (TPSA) is 18.5 Å². The second-order valence-electron chi connectivity index (χ2n) is 7.22. The molecule has 0 N–H and O–H groups in total. The van der Waals surface area contributed by atoms with Crippen LogP contribution in [0.3, 0.4) is 0 Å². The van der Waals surface area contributed by atoms with Crippen LogP contribution in [0.15, 0.2) is 0 Å². The van der Waals surface area contributed by atoms with E-state index in [2.05, 4.69) is 34.6 Å². The van der Waals surface area contributed by atoms with Gasteiger partial charge in [-0.15, -0.1) is 0 Å². The zero-order valence-electron chi connectivity index (χ0n) is 11.8. The van der Waals surface area contributed by atoms with Crippen molar-refractivity contribution in [3.8, 4) is 0 Å². The Balaban J connectivity index is 1.82. The molecule has 2 bridgehead atoms. The van der Waals surface area contributed by atoms with Crippen molar-refractivity contribution in [2.24, 2.45) is 17.3 Å². The van der Waals surface area contributed by atoms with Gasteiger partial charge in [-0.05, 0) is 42.8 Å². The third kappa shape index (κ3) is 1.42. The Morgan fingerprint density at radius 1 is 1.29 bits per heavy atom. The highest BCUT2D eigenvalue weighted by molar-refractivity contribution is 6.47. The summed E-state index contributed by atoms with van der Waals surface area (Å²) in [5.41, 5.74) is 0.436. The predicted octanol–water partition coefficient (Wildman–Crippen LogP) is 3.51. The van der Waals surface area contributed by atoms with E-state index in [1.807, 2.05) is 0 Å². The molecule has 0 radical (unpaired) electrons. The SMILES string of the molecule is CCC(C)B1O[C@@H]2CC3C[C@@H](C3(C)C)[C@]2(C)O1. The molecule has 3 saturated carbocycles. The fourth-order valence-corrected chi connectivity index (χ4v) is 4.34. The lowest BCUT2D eigenvalue weighted by Crippen LogP contribution is -2.65. The van der Waals surface area contributed by atoms with E-state index in [1.165, 1.54) is 12.8 Å². The van der Waals surface area contributed by atoms with E-state index in [9.17, 15) is 0 Å². The highest BCUT2D eigenvalue weighted by Gasteiger charge is 2.68. The zero-order chi connectivity index (χ0) is 12.4. The summed E-state index contributed by atoms with van der Waals surface area (Å²) in [5, 5.41) is 0. The molecule has 1 heterocycles. The van der Waals surface area contributed by atoms with E-state index < -0.39 is 0 Å². The minimum Gasteiger partial charge on any atom is -0.405 e. The highest BCUT2D eigenvalue weighted by atomic mass is 16.7. The van der Waals surface area contributed by atoms with E-state index in [4.69, 9.17) is 9.31 Å². The van der Waals surface area contributed by atoms with Crippen molar-refractivity contribution in [3.05, 3.63) is 0 Å². The first-order valence-corrected chi connectivity index (χ1v) is 7.22. The first-order chi connectivity index (χ1) is 7.89. The lowest BCUT2D eigenvalue weighted by molar-refractivity contribution is -0.199. The van der Waals surface area contributed by atoms with Crippen molar-refractivity contribution >= 4 is 7.12 Å². The zero-order valence-corrected chi connectivity index (χ0v) is 11.8. The van der Waals surface area contributed by atoms with Crippen LogP contribution >= 0.6 is 0 Å². The van der Waals surface area contributed by atoms with Crippen LogP contribution in [0.25, 0.3) is 0 Å². The molecule has 4 rings (SSSR count). The van der Waals surface area contributed by atoms with Crippen molar-refractivity contribution in [2.75, 3.05) is 0 Å². The van der Waals surface area contributed by atoms with Crippen molar-refractivity contribution in [3.63, 3.8) is 0 Å². The molecular formula is C14H25BO2. The lowest BCUT2D eigenvalue weighted by Gasteiger charge is -2.64. The Morgan fingerprint density at radius 3 is 2.59 bits per heavy atom. The summed E-state index contributed by atoms with van der Waals surface area (Å²) < 4.78 is 12.6. The summed E-state index contributed by atoms with van der Waals surface area (Å²) >= 11 is 0. The maximum Gasteiger partial charge on any atom is 0.460 e. The van der Waals surface area contributed by atoms with Crippen LogP contribution in [0, 0.1) is 17.3 Å². The van der Waals surface area contributed by atoms with Gasteiger partial charge in [0.25, 0.3) is 0 Å². The van der Waals surface area contributed by atoms with E-state index >= 15 is 0 Å². The van der Waals surface area contributed by atoms with Crippen molar-refractivity contribution in [2.45, 2.75) is 71.4 Å². The molecule has 17 heavy (non-hydrogen) atoms. The molecule has 2 nitrogen and oxygen atoms in total. The van der Waals surface area contributed by atoms with Crippen LogP contribution in [-0.2, 0) is 9.31 Å². The Hall–Kier alpha value is -0.0151. The summed E-state index contributed by atoms with van der Waals surface area (Å²) in [6, 6.07) is 0. The second-order valence-corrected chi connectivity index (χ2v) is 7.22. The molecule has 1 aliphatic heterocycles. The summed E-state index contributed by atoms with van der Waals surface area (Å²) in [6.07, 6.45) is 4.02. The number of hydrogen-bond donors (Lipinski definition) is 0. The molecule has 4 fully saturated rings. The van der Waals surface area contributed by atoms with Gasteiger partial charge in [-0.1, -0.05) is 34.1 Å². The molecule has 5 atom stereocenters. The average molecular weight is 236 g/mol. The fraction of sp³-hybridized carbons (Fsp3) is 1.00. The van der Waals surface area contributed by atoms with Gasteiger partial charge in [0.2, 0.25) is 0 Å². The van der Waals surface area contributed by atoms with Gasteiger partial charge in [-0.3, -0.25) is 0 Å². The van der Waals surface area contributed by atoms with Crippen molar-refractivity contribution in [1.82, 2.24) is 0 Å². The van der Waals surface area contributed by atoms with Gasteiger partial charge in [0.15, 0.2) is 0 Å². The van der Waals surface area contributed by atoms with Crippen LogP contribution in [0.4, 0.5) is 0 Å². The van der Waals surface area contributed by atoms with E-state index in [0.29, 0.717) is 23.3 Å². The molecule has 0 spiro atoms. The quantitative estimate of drug-likeness (QED) is 0.683. The summed E-state index contributed by atoms with van der Waals surface area (Å²) in [7, 11) is 0.0325. The lowest BCUT2D eigenvalue weighted by atomic mass is 9.43. The van der Waals surface area contributed by atoms with Crippen LogP contribution in [0.1, 0.15) is 53.9 Å². The molecule has 4 aliphatic rings. The molecule has 0 amide bonds. The molecule has 0 aromatic rings. The molecule has 96 valence electrons. The minimum absolute atomic E-state index is 0.0215.